The fraction of sp³-hybridized carbons (Fsp3) is 0.250. The predicted octanol–water partition coefficient (Wildman–Crippen LogP) is 5.50. The molecule has 5 heteroatoms. The molecule has 0 spiro atoms. The fourth-order valence-corrected chi connectivity index (χ4v) is 2.13. The summed E-state index contributed by atoms with van der Waals surface area (Å²) in [5.74, 6) is 0.858. The number of rotatable bonds is 6. The van der Waals surface area contributed by atoms with E-state index in [1.54, 1.807) is 12.1 Å². The summed E-state index contributed by atoms with van der Waals surface area (Å²) in [4.78, 5) is 0. The lowest BCUT2D eigenvalue weighted by Crippen LogP contribution is -1.98. The third kappa shape index (κ3) is 4.45. The molecule has 0 aliphatic carbocycles. The van der Waals surface area contributed by atoms with Crippen molar-refractivity contribution >= 4 is 40.3 Å². The number of nitrogens with one attached hydrogen (secondary N) is 1. The van der Waals surface area contributed by atoms with Gasteiger partial charge in [0.2, 0.25) is 0 Å². The van der Waals surface area contributed by atoms with Crippen LogP contribution in [-0.4, -0.2) is 6.61 Å². The van der Waals surface area contributed by atoms with E-state index in [-0.39, 0.29) is 0 Å². The molecule has 0 saturated carbocycles. The summed E-state index contributed by atoms with van der Waals surface area (Å²) < 4.78 is 5.62. The van der Waals surface area contributed by atoms with Crippen LogP contribution >= 0.6 is 23.2 Å². The Kier molecular flexibility index (Phi) is 5.59. The number of unbranched alkanes of at least 4 members (excludes halogenated alkanes) is 1. The highest BCUT2D eigenvalue weighted by Crippen LogP contribution is 2.32. The van der Waals surface area contributed by atoms with E-state index in [4.69, 9.17) is 33.7 Å². The molecule has 0 aliphatic heterocycles. The van der Waals surface area contributed by atoms with Crippen LogP contribution in [0.5, 0.6) is 5.75 Å². The first-order valence-corrected chi connectivity index (χ1v) is 7.60. The maximum Gasteiger partial charge on any atom is 0.119 e. The van der Waals surface area contributed by atoms with Crippen molar-refractivity contribution in [3.05, 3.63) is 46.4 Å². The first-order valence-electron chi connectivity index (χ1n) is 6.84. The van der Waals surface area contributed by atoms with E-state index in [9.17, 15) is 0 Å². The number of hydrogen-bond acceptors (Lipinski definition) is 3. The second-order valence-corrected chi connectivity index (χ2v) is 5.52. The minimum absolute atomic E-state index is 0.444. The second kappa shape index (κ2) is 7.43. The zero-order valence-corrected chi connectivity index (χ0v) is 13.3. The summed E-state index contributed by atoms with van der Waals surface area (Å²) in [6, 6.07) is 11.1. The Morgan fingerprint density at radius 1 is 1.10 bits per heavy atom. The summed E-state index contributed by atoms with van der Waals surface area (Å²) in [5.41, 5.74) is 8.10. The molecule has 0 fully saturated rings. The van der Waals surface area contributed by atoms with Crippen LogP contribution in [0.4, 0.5) is 17.1 Å². The van der Waals surface area contributed by atoms with Crippen molar-refractivity contribution in [2.45, 2.75) is 19.8 Å². The topological polar surface area (TPSA) is 47.3 Å². The van der Waals surface area contributed by atoms with Gasteiger partial charge >= 0.3 is 0 Å². The maximum absolute atomic E-state index is 6.00. The highest BCUT2D eigenvalue weighted by Gasteiger charge is 2.05. The Morgan fingerprint density at radius 3 is 2.43 bits per heavy atom. The number of nitrogens with two attached hydrogens (primary N) is 1. The normalized spacial score (nSPS) is 10.4. The van der Waals surface area contributed by atoms with Crippen LogP contribution in [0.15, 0.2) is 36.4 Å². The largest absolute Gasteiger partial charge is 0.494 e. The Hall–Kier alpha value is -1.58. The first kappa shape index (κ1) is 15.8. The quantitative estimate of drug-likeness (QED) is 0.545. The minimum Gasteiger partial charge on any atom is -0.494 e. The lowest BCUT2D eigenvalue weighted by atomic mass is 10.2. The molecule has 0 saturated heterocycles. The summed E-state index contributed by atoms with van der Waals surface area (Å²) >= 11 is 11.9. The summed E-state index contributed by atoms with van der Waals surface area (Å²) in [7, 11) is 0. The standard InChI is InChI=1S/C16H18Cl2N2O/c1-2-3-8-21-12-6-4-11(5-7-12)20-16-10-14(18)13(17)9-15(16)19/h4-7,9-10,20H,2-3,8,19H2,1H3. The third-order valence-electron chi connectivity index (χ3n) is 2.99. The highest BCUT2D eigenvalue weighted by molar-refractivity contribution is 6.42. The number of ether oxygens (including phenoxy) is 1. The van der Waals surface area contributed by atoms with E-state index in [1.165, 1.54) is 0 Å². The molecule has 2 rings (SSSR count). The van der Waals surface area contributed by atoms with E-state index in [2.05, 4.69) is 12.2 Å². The number of anilines is 3. The van der Waals surface area contributed by atoms with Gasteiger partial charge in [0.15, 0.2) is 0 Å². The van der Waals surface area contributed by atoms with Crippen LogP contribution < -0.4 is 15.8 Å². The van der Waals surface area contributed by atoms with Crippen molar-refractivity contribution in [2.24, 2.45) is 0 Å². The molecule has 3 nitrogen and oxygen atoms in total. The SMILES string of the molecule is CCCCOc1ccc(Nc2cc(Cl)c(Cl)cc2N)cc1. The van der Waals surface area contributed by atoms with Crippen molar-refractivity contribution in [3.8, 4) is 5.75 Å². The van der Waals surface area contributed by atoms with Crippen molar-refractivity contribution in [2.75, 3.05) is 17.7 Å². The van der Waals surface area contributed by atoms with Gasteiger partial charge in [0.1, 0.15) is 5.75 Å². The summed E-state index contributed by atoms with van der Waals surface area (Å²) in [5, 5.41) is 4.12. The Balaban J connectivity index is 2.05. The van der Waals surface area contributed by atoms with Gasteiger partial charge in [0.25, 0.3) is 0 Å². The molecular weight excluding hydrogens is 307 g/mol. The molecule has 3 N–H and O–H groups in total. The predicted molar refractivity (Wildman–Crippen MR) is 91.0 cm³/mol. The summed E-state index contributed by atoms with van der Waals surface area (Å²) in [6.07, 6.45) is 2.18. The lowest BCUT2D eigenvalue weighted by molar-refractivity contribution is 0.309. The molecule has 0 heterocycles. The summed E-state index contributed by atoms with van der Waals surface area (Å²) in [6.45, 7) is 2.88. The number of hydrogen-bond donors (Lipinski definition) is 2. The van der Waals surface area contributed by atoms with Gasteiger partial charge < -0.3 is 15.8 Å². The van der Waals surface area contributed by atoms with Gasteiger partial charge in [-0.2, -0.15) is 0 Å². The van der Waals surface area contributed by atoms with Gasteiger partial charge in [0.05, 0.1) is 28.0 Å². The van der Waals surface area contributed by atoms with E-state index >= 15 is 0 Å². The van der Waals surface area contributed by atoms with Crippen molar-refractivity contribution in [1.29, 1.82) is 0 Å². The molecule has 0 unspecified atom stereocenters. The molecule has 0 bridgehead atoms. The van der Waals surface area contributed by atoms with Gasteiger partial charge in [-0.05, 0) is 42.8 Å². The fourth-order valence-electron chi connectivity index (χ4n) is 1.79. The highest BCUT2D eigenvalue weighted by atomic mass is 35.5. The molecule has 0 radical (unpaired) electrons. The molecule has 0 amide bonds. The van der Waals surface area contributed by atoms with Crippen molar-refractivity contribution < 1.29 is 4.74 Å². The van der Waals surface area contributed by atoms with Crippen LogP contribution in [0, 0.1) is 0 Å². The number of nitrogen functional groups attached to an aromatic ring is 1. The molecule has 2 aromatic rings. The molecule has 0 aliphatic rings. The van der Waals surface area contributed by atoms with Gasteiger partial charge in [0, 0.05) is 5.69 Å². The monoisotopic (exact) mass is 324 g/mol. The Bertz CT molecular complexity index is 600. The molecule has 0 atom stereocenters. The van der Waals surface area contributed by atoms with Crippen LogP contribution in [0.3, 0.4) is 0 Å². The van der Waals surface area contributed by atoms with Gasteiger partial charge in [-0.1, -0.05) is 36.5 Å². The van der Waals surface area contributed by atoms with E-state index in [0.717, 1.165) is 36.6 Å². The van der Waals surface area contributed by atoms with Crippen molar-refractivity contribution in [3.63, 3.8) is 0 Å². The van der Waals surface area contributed by atoms with E-state index in [0.29, 0.717) is 15.7 Å². The molecule has 112 valence electrons. The van der Waals surface area contributed by atoms with Crippen molar-refractivity contribution in [1.82, 2.24) is 0 Å². The average Bonchev–Trinajstić information content (AvgIpc) is 2.47. The van der Waals surface area contributed by atoms with Gasteiger partial charge in [-0.3, -0.25) is 0 Å². The van der Waals surface area contributed by atoms with Crippen LogP contribution in [0.25, 0.3) is 0 Å². The molecule has 2 aromatic carbocycles. The van der Waals surface area contributed by atoms with E-state index < -0.39 is 0 Å². The number of halogens is 2. The zero-order chi connectivity index (χ0) is 15.2. The van der Waals surface area contributed by atoms with Crippen LogP contribution in [-0.2, 0) is 0 Å². The number of benzene rings is 2. The van der Waals surface area contributed by atoms with Gasteiger partial charge in [-0.25, -0.2) is 0 Å². The molecular formula is C16H18Cl2N2O. The Labute approximate surface area is 135 Å². The minimum atomic E-state index is 0.444. The smallest absolute Gasteiger partial charge is 0.119 e. The lowest BCUT2D eigenvalue weighted by Gasteiger charge is -2.11. The maximum atomic E-state index is 6.00. The molecule has 0 aromatic heterocycles. The molecule has 21 heavy (non-hydrogen) atoms. The van der Waals surface area contributed by atoms with Crippen LogP contribution in [0.2, 0.25) is 10.0 Å². The second-order valence-electron chi connectivity index (χ2n) is 4.70. The van der Waals surface area contributed by atoms with Crippen LogP contribution in [0.1, 0.15) is 19.8 Å². The third-order valence-corrected chi connectivity index (χ3v) is 3.71. The average molecular weight is 325 g/mol. The first-order chi connectivity index (χ1) is 10.1. The zero-order valence-electron chi connectivity index (χ0n) is 11.8. The Morgan fingerprint density at radius 2 is 1.76 bits per heavy atom. The van der Waals surface area contributed by atoms with Gasteiger partial charge in [-0.15, -0.1) is 0 Å². The van der Waals surface area contributed by atoms with E-state index in [1.807, 2.05) is 24.3 Å².